The van der Waals surface area contributed by atoms with Gasteiger partial charge < -0.3 is 24.9 Å². The lowest BCUT2D eigenvalue weighted by atomic mass is 10.2. The van der Waals surface area contributed by atoms with Crippen LogP contribution < -0.4 is 20.5 Å². The largest absolute Gasteiger partial charge is 0.493 e. The van der Waals surface area contributed by atoms with Crippen LogP contribution in [0.1, 0.15) is 11.5 Å². The van der Waals surface area contributed by atoms with Crippen molar-refractivity contribution in [3.63, 3.8) is 0 Å². The van der Waals surface area contributed by atoms with Gasteiger partial charge in [-0.05, 0) is 17.7 Å². The average Bonchev–Trinajstić information content (AvgIpc) is 2.92. The second-order valence-electron chi connectivity index (χ2n) is 3.75. The van der Waals surface area contributed by atoms with Gasteiger partial charge in [0.05, 0.1) is 20.8 Å². The summed E-state index contributed by atoms with van der Waals surface area (Å²) >= 11 is 0. The predicted octanol–water partition coefficient (Wildman–Crippen LogP) is 1.16. The number of ether oxygens (including phenoxy) is 2. The smallest absolute Gasteiger partial charge is 0.315 e. The molecule has 3 N–H and O–H groups in total. The van der Waals surface area contributed by atoms with Crippen molar-refractivity contribution in [3.8, 4) is 11.5 Å². The van der Waals surface area contributed by atoms with Crippen molar-refractivity contribution >= 4 is 6.01 Å². The standard InChI is InChI=1S/C12H16N4O3/c1-17-9-4-3-8(5-10(9)18-2)7-14-12-16-15-11(6-13)19-12/h3-5H,6-7,13H2,1-2H3,(H,14,16). The Morgan fingerprint density at radius 3 is 2.63 bits per heavy atom. The SMILES string of the molecule is COc1ccc(CNc2nnc(CN)o2)cc1OC. The molecule has 1 aromatic carbocycles. The van der Waals surface area contributed by atoms with E-state index in [1.54, 1.807) is 14.2 Å². The second kappa shape index (κ2) is 6.05. The van der Waals surface area contributed by atoms with E-state index in [-0.39, 0.29) is 6.54 Å². The fraction of sp³-hybridized carbons (Fsp3) is 0.333. The molecule has 102 valence electrons. The molecule has 0 saturated heterocycles. The Kier molecular flexibility index (Phi) is 4.19. The van der Waals surface area contributed by atoms with Gasteiger partial charge in [0.25, 0.3) is 0 Å². The number of nitrogens with two attached hydrogens (primary N) is 1. The maximum absolute atomic E-state index is 5.39. The number of hydrogen-bond donors (Lipinski definition) is 2. The average molecular weight is 264 g/mol. The lowest BCUT2D eigenvalue weighted by Gasteiger charge is -2.09. The summed E-state index contributed by atoms with van der Waals surface area (Å²) in [5, 5.41) is 10.6. The molecular weight excluding hydrogens is 248 g/mol. The number of anilines is 1. The molecule has 0 amide bonds. The van der Waals surface area contributed by atoms with E-state index in [9.17, 15) is 0 Å². The summed E-state index contributed by atoms with van der Waals surface area (Å²) < 4.78 is 15.6. The highest BCUT2D eigenvalue weighted by Crippen LogP contribution is 2.27. The third-order valence-electron chi connectivity index (χ3n) is 2.53. The van der Waals surface area contributed by atoms with E-state index in [0.717, 1.165) is 5.56 Å². The third kappa shape index (κ3) is 3.14. The Bertz CT molecular complexity index is 542. The number of nitrogens with one attached hydrogen (secondary N) is 1. The zero-order chi connectivity index (χ0) is 13.7. The number of nitrogens with zero attached hydrogens (tertiary/aromatic N) is 2. The summed E-state index contributed by atoms with van der Waals surface area (Å²) in [4.78, 5) is 0. The van der Waals surface area contributed by atoms with Gasteiger partial charge in [-0.15, -0.1) is 5.10 Å². The molecule has 0 unspecified atom stereocenters. The quantitative estimate of drug-likeness (QED) is 0.808. The van der Waals surface area contributed by atoms with Crippen LogP contribution in [-0.4, -0.2) is 24.4 Å². The van der Waals surface area contributed by atoms with Crippen molar-refractivity contribution in [1.82, 2.24) is 10.2 Å². The van der Waals surface area contributed by atoms with Gasteiger partial charge in [-0.1, -0.05) is 11.2 Å². The molecule has 0 bridgehead atoms. The maximum atomic E-state index is 5.39. The molecule has 2 aromatic rings. The van der Waals surface area contributed by atoms with E-state index in [0.29, 0.717) is 29.9 Å². The highest BCUT2D eigenvalue weighted by Gasteiger charge is 2.06. The number of hydrogen-bond acceptors (Lipinski definition) is 7. The molecule has 0 fully saturated rings. The van der Waals surface area contributed by atoms with Gasteiger partial charge in [-0.2, -0.15) is 0 Å². The summed E-state index contributed by atoms with van der Waals surface area (Å²) in [7, 11) is 3.20. The first-order valence-electron chi connectivity index (χ1n) is 5.74. The van der Waals surface area contributed by atoms with Crippen LogP contribution in [0.5, 0.6) is 11.5 Å². The minimum absolute atomic E-state index is 0.227. The Labute approximate surface area is 110 Å². The van der Waals surface area contributed by atoms with Crippen molar-refractivity contribution in [2.24, 2.45) is 5.73 Å². The topological polar surface area (TPSA) is 95.4 Å². The number of benzene rings is 1. The molecule has 0 aliphatic heterocycles. The number of rotatable bonds is 6. The van der Waals surface area contributed by atoms with Gasteiger partial charge in [-0.25, -0.2) is 0 Å². The summed E-state index contributed by atoms with van der Waals surface area (Å²) in [5.74, 6) is 1.76. The lowest BCUT2D eigenvalue weighted by molar-refractivity contribution is 0.354. The fourth-order valence-corrected chi connectivity index (χ4v) is 1.58. The van der Waals surface area contributed by atoms with Crippen molar-refractivity contribution < 1.29 is 13.9 Å². The lowest BCUT2D eigenvalue weighted by Crippen LogP contribution is -2.00. The minimum Gasteiger partial charge on any atom is -0.493 e. The molecular formula is C12H16N4O3. The Morgan fingerprint density at radius 2 is 2.00 bits per heavy atom. The van der Waals surface area contributed by atoms with Crippen LogP contribution in [0.4, 0.5) is 6.01 Å². The van der Waals surface area contributed by atoms with Crippen molar-refractivity contribution in [2.45, 2.75) is 13.1 Å². The van der Waals surface area contributed by atoms with Crippen LogP contribution in [0.25, 0.3) is 0 Å². The molecule has 2 rings (SSSR count). The van der Waals surface area contributed by atoms with Crippen LogP contribution in [0.15, 0.2) is 22.6 Å². The number of aromatic nitrogens is 2. The molecule has 0 saturated carbocycles. The van der Waals surface area contributed by atoms with Gasteiger partial charge in [0, 0.05) is 6.54 Å². The van der Waals surface area contributed by atoms with Crippen LogP contribution in [0.2, 0.25) is 0 Å². The molecule has 0 aliphatic carbocycles. The summed E-state index contributed by atoms with van der Waals surface area (Å²) in [6, 6.07) is 5.99. The maximum Gasteiger partial charge on any atom is 0.315 e. The molecule has 1 aromatic heterocycles. The molecule has 19 heavy (non-hydrogen) atoms. The van der Waals surface area contributed by atoms with Gasteiger partial charge in [0.2, 0.25) is 5.89 Å². The van der Waals surface area contributed by atoms with E-state index in [1.165, 1.54) is 0 Å². The fourth-order valence-electron chi connectivity index (χ4n) is 1.58. The molecule has 7 heteroatoms. The van der Waals surface area contributed by atoms with E-state index < -0.39 is 0 Å². The Morgan fingerprint density at radius 1 is 1.21 bits per heavy atom. The summed E-state index contributed by atoms with van der Waals surface area (Å²) in [5.41, 5.74) is 6.39. The van der Waals surface area contributed by atoms with Crippen molar-refractivity contribution in [2.75, 3.05) is 19.5 Å². The first-order chi connectivity index (χ1) is 9.26. The van der Waals surface area contributed by atoms with Gasteiger partial charge >= 0.3 is 6.01 Å². The molecule has 0 spiro atoms. The first-order valence-corrected chi connectivity index (χ1v) is 5.74. The first kappa shape index (κ1) is 13.2. The van der Waals surface area contributed by atoms with E-state index in [2.05, 4.69) is 15.5 Å². The van der Waals surface area contributed by atoms with Crippen LogP contribution in [0.3, 0.4) is 0 Å². The van der Waals surface area contributed by atoms with E-state index in [4.69, 9.17) is 19.6 Å². The molecule has 0 aliphatic rings. The summed E-state index contributed by atoms with van der Waals surface area (Å²) in [6.07, 6.45) is 0. The zero-order valence-corrected chi connectivity index (χ0v) is 10.8. The number of methoxy groups -OCH3 is 2. The highest BCUT2D eigenvalue weighted by atomic mass is 16.5. The molecule has 1 heterocycles. The van der Waals surface area contributed by atoms with E-state index >= 15 is 0 Å². The third-order valence-corrected chi connectivity index (χ3v) is 2.53. The zero-order valence-electron chi connectivity index (χ0n) is 10.8. The molecule has 0 atom stereocenters. The normalized spacial score (nSPS) is 10.3. The Balaban J connectivity index is 2.03. The predicted molar refractivity (Wildman–Crippen MR) is 69.1 cm³/mol. The van der Waals surface area contributed by atoms with Crippen molar-refractivity contribution in [3.05, 3.63) is 29.7 Å². The highest BCUT2D eigenvalue weighted by molar-refractivity contribution is 5.43. The monoisotopic (exact) mass is 264 g/mol. The van der Waals surface area contributed by atoms with Crippen LogP contribution in [-0.2, 0) is 13.1 Å². The summed E-state index contributed by atoms with van der Waals surface area (Å²) in [6.45, 7) is 0.762. The van der Waals surface area contributed by atoms with Crippen LogP contribution >= 0.6 is 0 Å². The second-order valence-corrected chi connectivity index (χ2v) is 3.75. The van der Waals surface area contributed by atoms with Gasteiger partial charge in [0.15, 0.2) is 11.5 Å². The van der Waals surface area contributed by atoms with Crippen molar-refractivity contribution in [1.29, 1.82) is 0 Å². The molecule has 0 radical (unpaired) electrons. The van der Waals surface area contributed by atoms with E-state index in [1.807, 2.05) is 18.2 Å². The Hall–Kier alpha value is -2.28. The van der Waals surface area contributed by atoms with Gasteiger partial charge in [-0.3, -0.25) is 0 Å². The van der Waals surface area contributed by atoms with Crippen LogP contribution in [0, 0.1) is 0 Å². The molecule has 7 nitrogen and oxygen atoms in total. The van der Waals surface area contributed by atoms with Gasteiger partial charge in [0.1, 0.15) is 0 Å². The minimum atomic E-state index is 0.227.